The SMILES string of the molecule is CC1CN(c2cc(N)ccc2C(=O)O)C1. The maximum atomic E-state index is 11.0. The maximum absolute atomic E-state index is 11.0. The van der Waals surface area contributed by atoms with Gasteiger partial charge in [-0.2, -0.15) is 0 Å². The number of rotatable bonds is 2. The molecule has 1 heterocycles. The van der Waals surface area contributed by atoms with Crippen molar-refractivity contribution < 1.29 is 9.90 Å². The predicted molar refractivity (Wildman–Crippen MR) is 59.2 cm³/mol. The highest BCUT2D eigenvalue weighted by atomic mass is 16.4. The van der Waals surface area contributed by atoms with Crippen LogP contribution in [0.5, 0.6) is 0 Å². The Morgan fingerprint density at radius 2 is 2.20 bits per heavy atom. The summed E-state index contributed by atoms with van der Waals surface area (Å²) >= 11 is 0. The van der Waals surface area contributed by atoms with Crippen LogP contribution in [0.3, 0.4) is 0 Å². The Morgan fingerprint density at radius 3 is 2.73 bits per heavy atom. The first-order chi connectivity index (χ1) is 7.08. The van der Waals surface area contributed by atoms with Crippen LogP contribution >= 0.6 is 0 Å². The van der Waals surface area contributed by atoms with Crippen molar-refractivity contribution in [2.75, 3.05) is 23.7 Å². The van der Waals surface area contributed by atoms with E-state index in [9.17, 15) is 4.79 Å². The molecule has 1 aromatic rings. The van der Waals surface area contributed by atoms with Crippen molar-refractivity contribution in [2.24, 2.45) is 5.92 Å². The molecule has 0 radical (unpaired) electrons. The summed E-state index contributed by atoms with van der Waals surface area (Å²) in [6, 6.07) is 4.92. The number of nitrogen functional groups attached to an aromatic ring is 1. The van der Waals surface area contributed by atoms with Crippen molar-refractivity contribution in [1.29, 1.82) is 0 Å². The smallest absolute Gasteiger partial charge is 0.337 e. The highest BCUT2D eigenvalue weighted by molar-refractivity contribution is 5.95. The number of anilines is 2. The molecular weight excluding hydrogens is 192 g/mol. The lowest BCUT2D eigenvalue weighted by Crippen LogP contribution is -2.45. The molecule has 0 saturated carbocycles. The number of hydrogen-bond acceptors (Lipinski definition) is 3. The zero-order chi connectivity index (χ0) is 11.0. The first-order valence-corrected chi connectivity index (χ1v) is 4.95. The number of nitrogens with zero attached hydrogens (tertiary/aromatic N) is 1. The average Bonchev–Trinajstić information content (AvgIpc) is 2.12. The maximum Gasteiger partial charge on any atom is 0.337 e. The number of carbonyl (C=O) groups is 1. The molecule has 80 valence electrons. The fourth-order valence-electron chi connectivity index (χ4n) is 1.89. The number of nitrogens with two attached hydrogens (primary N) is 1. The molecule has 15 heavy (non-hydrogen) atoms. The second kappa shape index (κ2) is 3.46. The van der Waals surface area contributed by atoms with Crippen molar-refractivity contribution >= 4 is 17.3 Å². The van der Waals surface area contributed by atoms with Gasteiger partial charge in [0, 0.05) is 18.8 Å². The predicted octanol–water partition coefficient (Wildman–Crippen LogP) is 1.42. The fraction of sp³-hybridized carbons (Fsp3) is 0.364. The van der Waals surface area contributed by atoms with Gasteiger partial charge in [-0.1, -0.05) is 6.92 Å². The van der Waals surface area contributed by atoms with Crippen molar-refractivity contribution in [1.82, 2.24) is 0 Å². The first-order valence-electron chi connectivity index (χ1n) is 4.95. The zero-order valence-electron chi connectivity index (χ0n) is 8.60. The van der Waals surface area contributed by atoms with Crippen molar-refractivity contribution in [3.05, 3.63) is 23.8 Å². The molecular formula is C11H14N2O2. The Hall–Kier alpha value is -1.71. The van der Waals surface area contributed by atoms with Gasteiger partial charge in [-0.15, -0.1) is 0 Å². The van der Waals surface area contributed by atoms with Gasteiger partial charge in [0.15, 0.2) is 0 Å². The van der Waals surface area contributed by atoms with Crippen LogP contribution in [-0.2, 0) is 0 Å². The minimum atomic E-state index is -0.899. The molecule has 0 bridgehead atoms. The Balaban J connectivity index is 2.35. The number of carboxylic acid groups (broad SMARTS) is 1. The molecule has 3 N–H and O–H groups in total. The lowest BCUT2D eigenvalue weighted by Gasteiger charge is -2.39. The molecule has 0 aliphatic carbocycles. The summed E-state index contributed by atoms with van der Waals surface area (Å²) in [5, 5.41) is 9.02. The van der Waals surface area contributed by atoms with Crippen LogP contribution < -0.4 is 10.6 Å². The number of carboxylic acids is 1. The highest BCUT2D eigenvalue weighted by Crippen LogP contribution is 2.29. The van der Waals surface area contributed by atoms with Gasteiger partial charge < -0.3 is 15.7 Å². The fourth-order valence-corrected chi connectivity index (χ4v) is 1.89. The lowest BCUT2D eigenvalue weighted by molar-refractivity contribution is 0.0697. The Kier molecular flexibility index (Phi) is 2.26. The molecule has 1 fully saturated rings. The van der Waals surface area contributed by atoms with Gasteiger partial charge in [-0.3, -0.25) is 0 Å². The molecule has 2 rings (SSSR count). The summed E-state index contributed by atoms with van der Waals surface area (Å²) in [5.74, 6) is -0.266. The molecule has 4 heteroatoms. The normalized spacial score (nSPS) is 16.2. The number of hydrogen-bond donors (Lipinski definition) is 2. The molecule has 1 saturated heterocycles. The van der Waals surface area contributed by atoms with Crippen LogP contribution in [0, 0.1) is 5.92 Å². The van der Waals surface area contributed by atoms with E-state index >= 15 is 0 Å². The first kappa shape index (κ1) is 9.83. The van der Waals surface area contributed by atoms with Gasteiger partial charge in [0.25, 0.3) is 0 Å². The molecule has 0 unspecified atom stereocenters. The Morgan fingerprint density at radius 1 is 1.53 bits per heavy atom. The molecule has 1 aliphatic rings. The summed E-state index contributed by atoms with van der Waals surface area (Å²) in [7, 11) is 0. The van der Waals surface area contributed by atoms with Crippen LogP contribution in [0.4, 0.5) is 11.4 Å². The summed E-state index contributed by atoms with van der Waals surface area (Å²) < 4.78 is 0. The van der Waals surface area contributed by atoms with E-state index in [1.165, 1.54) is 0 Å². The third kappa shape index (κ3) is 1.75. The monoisotopic (exact) mass is 206 g/mol. The van der Waals surface area contributed by atoms with Gasteiger partial charge in [0.2, 0.25) is 0 Å². The highest BCUT2D eigenvalue weighted by Gasteiger charge is 2.26. The molecule has 0 amide bonds. The van der Waals surface area contributed by atoms with Crippen LogP contribution in [0.15, 0.2) is 18.2 Å². The minimum absolute atomic E-state index is 0.330. The van der Waals surface area contributed by atoms with Gasteiger partial charge in [-0.05, 0) is 24.1 Å². The van der Waals surface area contributed by atoms with Crippen LogP contribution in [0.25, 0.3) is 0 Å². The van der Waals surface area contributed by atoms with Crippen molar-refractivity contribution in [2.45, 2.75) is 6.92 Å². The molecule has 1 aromatic carbocycles. The molecule has 1 aliphatic heterocycles. The Bertz CT molecular complexity index is 398. The van der Waals surface area contributed by atoms with E-state index < -0.39 is 5.97 Å². The lowest BCUT2D eigenvalue weighted by atomic mass is 9.99. The van der Waals surface area contributed by atoms with Crippen LogP contribution in [0.2, 0.25) is 0 Å². The summed E-state index contributed by atoms with van der Waals surface area (Å²) in [6.07, 6.45) is 0. The van der Waals surface area contributed by atoms with Gasteiger partial charge in [0.05, 0.1) is 11.3 Å². The molecule has 0 spiro atoms. The molecule has 0 atom stereocenters. The van der Waals surface area contributed by atoms with E-state index in [0.29, 0.717) is 17.2 Å². The second-order valence-electron chi connectivity index (χ2n) is 4.09. The largest absolute Gasteiger partial charge is 0.478 e. The summed E-state index contributed by atoms with van der Waals surface area (Å²) in [5.41, 5.74) is 7.33. The van der Waals surface area contributed by atoms with E-state index in [2.05, 4.69) is 6.92 Å². The van der Waals surface area contributed by atoms with Crippen molar-refractivity contribution in [3.8, 4) is 0 Å². The van der Waals surface area contributed by atoms with Crippen LogP contribution in [-0.4, -0.2) is 24.2 Å². The third-order valence-electron chi connectivity index (χ3n) is 2.66. The Labute approximate surface area is 88.3 Å². The second-order valence-corrected chi connectivity index (χ2v) is 4.09. The van der Waals surface area contributed by atoms with E-state index in [1.54, 1.807) is 18.2 Å². The summed E-state index contributed by atoms with van der Waals surface area (Å²) in [4.78, 5) is 13.0. The average molecular weight is 206 g/mol. The van der Waals surface area contributed by atoms with Crippen molar-refractivity contribution in [3.63, 3.8) is 0 Å². The van der Waals surface area contributed by atoms with Gasteiger partial charge >= 0.3 is 5.97 Å². The van der Waals surface area contributed by atoms with E-state index in [-0.39, 0.29) is 0 Å². The van der Waals surface area contributed by atoms with E-state index in [1.807, 2.05) is 4.90 Å². The van der Waals surface area contributed by atoms with Crippen LogP contribution in [0.1, 0.15) is 17.3 Å². The number of aromatic carboxylic acids is 1. The standard InChI is InChI=1S/C11H14N2O2/c1-7-5-13(6-7)10-4-8(12)2-3-9(10)11(14)15/h2-4,7H,5-6,12H2,1H3,(H,14,15). The minimum Gasteiger partial charge on any atom is -0.478 e. The zero-order valence-corrected chi connectivity index (χ0v) is 8.60. The van der Waals surface area contributed by atoms with E-state index in [0.717, 1.165) is 18.8 Å². The summed E-state index contributed by atoms with van der Waals surface area (Å²) in [6.45, 7) is 3.96. The molecule has 0 aromatic heterocycles. The third-order valence-corrected chi connectivity index (χ3v) is 2.66. The molecule has 4 nitrogen and oxygen atoms in total. The number of benzene rings is 1. The van der Waals surface area contributed by atoms with E-state index in [4.69, 9.17) is 10.8 Å². The van der Waals surface area contributed by atoms with Gasteiger partial charge in [0.1, 0.15) is 0 Å². The van der Waals surface area contributed by atoms with Gasteiger partial charge in [-0.25, -0.2) is 4.79 Å². The quantitative estimate of drug-likeness (QED) is 0.718. The topological polar surface area (TPSA) is 66.6 Å².